The summed E-state index contributed by atoms with van der Waals surface area (Å²) >= 11 is 0. The van der Waals surface area contributed by atoms with Crippen molar-refractivity contribution in [2.45, 2.75) is 6.92 Å². The minimum absolute atomic E-state index is 0.0701. The van der Waals surface area contributed by atoms with E-state index in [1.165, 1.54) is 12.3 Å². The second-order valence-electron chi connectivity index (χ2n) is 2.91. The summed E-state index contributed by atoms with van der Waals surface area (Å²) in [4.78, 5) is 15.1. The van der Waals surface area contributed by atoms with Gasteiger partial charge < -0.3 is 5.73 Å². The Labute approximate surface area is 85.2 Å². The molecular formula is C9H8FN5. The van der Waals surface area contributed by atoms with Gasteiger partial charge in [0.2, 0.25) is 11.9 Å². The number of nitrogens with zero attached hydrogens (tertiary/aromatic N) is 4. The molecule has 0 aliphatic carbocycles. The van der Waals surface area contributed by atoms with Crippen molar-refractivity contribution < 1.29 is 4.39 Å². The lowest BCUT2D eigenvalue weighted by Gasteiger charge is -2.02. The van der Waals surface area contributed by atoms with E-state index in [2.05, 4.69) is 19.9 Å². The Bertz CT molecular complexity index is 479. The Hall–Kier alpha value is -2.11. The van der Waals surface area contributed by atoms with E-state index in [1.807, 2.05) is 0 Å². The maximum Gasteiger partial charge on any atom is 0.223 e. The Morgan fingerprint density at radius 2 is 2.07 bits per heavy atom. The molecule has 2 aromatic heterocycles. The van der Waals surface area contributed by atoms with Gasteiger partial charge in [-0.05, 0) is 19.1 Å². The first-order chi connectivity index (χ1) is 7.16. The number of hydrogen-bond donors (Lipinski definition) is 1. The summed E-state index contributed by atoms with van der Waals surface area (Å²) in [7, 11) is 0. The molecule has 0 saturated carbocycles. The smallest absolute Gasteiger partial charge is 0.223 e. The summed E-state index contributed by atoms with van der Waals surface area (Å²) in [5, 5.41) is 0. The minimum atomic E-state index is -0.623. The second kappa shape index (κ2) is 3.56. The standard InChI is InChI=1S/C9H8FN5/c1-5-13-8(15-9(11)14-5)6-3-2-4-12-7(6)10/h2-4H,1H3,(H2,11,13,14,15). The van der Waals surface area contributed by atoms with Crippen molar-refractivity contribution in [2.75, 3.05) is 5.73 Å². The number of halogens is 1. The van der Waals surface area contributed by atoms with E-state index in [-0.39, 0.29) is 17.3 Å². The van der Waals surface area contributed by atoms with Crippen molar-refractivity contribution in [3.05, 3.63) is 30.1 Å². The van der Waals surface area contributed by atoms with Crippen molar-refractivity contribution in [2.24, 2.45) is 0 Å². The number of hydrogen-bond acceptors (Lipinski definition) is 5. The number of nitrogens with two attached hydrogens (primary N) is 1. The molecule has 6 heteroatoms. The molecule has 0 aromatic carbocycles. The third kappa shape index (κ3) is 1.88. The lowest BCUT2D eigenvalue weighted by Crippen LogP contribution is -2.03. The molecular weight excluding hydrogens is 197 g/mol. The van der Waals surface area contributed by atoms with Gasteiger partial charge >= 0.3 is 0 Å². The van der Waals surface area contributed by atoms with E-state index in [0.29, 0.717) is 5.82 Å². The number of aryl methyl sites for hydroxylation is 1. The molecule has 2 rings (SSSR count). The molecule has 0 fully saturated rings. The van der Waals surface area contributed by atoms with E-state index in [1.54, 1.807) is 13.0 Å². The average Bonchev–Trinajstić information content (AvgIpc) is 2.16. The third-order valence-corrected chi connectivity index (χ3v) is 1.76. The predicted molar refractivity (Wildman–Crippen MR) is 52.2 cm³/mol. The summed E-state index contributed by atoms with van der Waals surface area (Å²) in [6, 6.07) is 3.14. The molecule has 76 valence electrons. The zero-order valence-electron chi connectivity index (χ0n) is 7.98. The van der Waals surface area contributed by atoms with Crippen LogP contribution in [0.3, 0.4) is 0 Å². The van der Waals surface area contributed by atoms with E-state index in [0.717, 1.165) is 0 Å². The summed E-state index contributed by atoms with van der Waals surface area (Å²) in [6.07, 6.45) is 1.36. The van der Waals surface area contributed by atoms with Crippen molar-refractivity contribution in [1.82, 2.24) is 19.9 Å². The zero-order valence-corrected chi connectivity index (χ0v) is 7.98. The van der Waals surface area contributed by atoms with Crippen molar-refractivity contribution >= 4 is 5.95 Å². The van der Waals surface area contributed by atoms with Crippen LogP contribution >= 0.6 is 0 Å². The predicted octanol–water partition coefficient (Wildman–Crippen LogP) is 0.963. The molecule has 0 atom stereocenters. The van der Waals surface area contributed by atoms with E-state index in [4.69, 9.17) is 5.73 Å². The van der Waals surface area contributed by atoms with Crippen LogP contribution in [0.15, 0.2) is 18.3 Å². The first kappa shape index (κ1) is 9.45. The number of aromatic nitrogens is 4. The highest BCUT2D eigenvalue weighted by Gasteiger charge is 2.09. The van der Waals surface area contributed by atoms with Crippen LogP contribution in [0.2, 0.25) is 0 Å². The molecule has 5 nitrogen and oxygen atoms in total. The lowest BCUT2D eigenvalue weighted by molar-refractivity contribution is 0.586. The molecule has 15 heavy (non-hydrogen) atoms. The number of pyridine rings is 1. The zero-order chi connectivity index (χ0) is 10.8. The lowest BCUT2D eigenvalue weighted by atomic mass is 10.2. The normalized spacial score (nSPS) is 10.3. The van der Waals surface area contributed by atoms with Crippen LogP contribution in [-0.4, -0.2) is 19.9 Å². The van der Waals surface area contributed by atoms with Crippen LogP contribution in [0.1, 0.15) is 5.82 Å². The van der Waals surface area contributed by atoms with Gasteiger partial charge in [0.25, 0.3) is 0 Å². The van der Waals surface area contributed by atoms with Gasteiger partial charge in [-0.25, -0.2) is 9.97 Å². The molecule has 0 radical (unpaired) electrons. The van der Waals surface area contributed by atoms with E-state index >= 15 is 0 Å². The van der Waals surface area contributed by atoms with Crippen LogP contribution in [0, 0.1) is 12.9 Å². The molecule has 0 saturated heterocycles. The highest BCUT2D eigenvalue weighted by molar-refractivity contribution is 5.54. The Morgan fingerprint density at radius 3 is 2.73 bits per heavy atom. The highest BCUT2D eigenvalue weighted by Crippen LogP contribution is 2.16. The van der Waals surface area contributed by atoms with Gasteiger partial charge in [-0.2, -0.15) is 14.4 Å². The first-order valence-electron chi connectivity index (χ1n) is 4.26. The maximum atomic E-state index is 13.3. The fourth-order valence-corrected chi connectivity index (χ4v) is 1.18. The van der Waals surface area contributed by atoms with Gasteiger partial charge in [0.05, 0.1) is 5.56 Å². The minimum Gasteiger partial charge on any atom is -0.368 e. The van der Waals surface area contributed by atoms with E-state index in [9.17, 15) is 4.39 Å². The highest BCUT2D eigenvalue weighted by atomic mass is 19.1. The molecule has 0 aliphatic heterocycles. The molecule has 0 aliphatic rings. The van der Waals surface area contributed by atoms with Crippen molar-refractivity contribution in [3.63, 3.8) is 0 Å². The molecule has 0 amide bonds. The van der Waals surface area contributed by atoms with Crippen molar-refractivity contribution in [1.29, 1.82) is 0 Å². The topological polar surface area (TPSA) is 77.6 Å². The van der Waals surface area contributed by atoms with Crippen LogP contribution in [-0.2, 0) is 0 Å². The Kier molecular flexibility index (Phi) is 2.24. The SMILES string of the molecule is Cc1nc(N)nc(-c2cccnc2F)n1. The van der Waals surface area contributed by atoms with Crippen LogP contribution in [0.5, 0.6) is 0 Å². The summed E-state index contributed by atoms with van der Waals surface area (Å²) in [5.41, 5.74) is 5.66. The third-order valence-electron chi connectivity index (χ3n) is 1.76. The van der Waals surface area contributed by atoms with Gasteiger partial charge in [0.15, 0.2) is 5.82 Å². The molecule has 0 spiro atoms. The first-order valence-corrected chi connectivity index (χ1v) is 4.26. The van der Waals surface area contributed by atoms with Crippen LogP contribution in [0.4, 0.5) is 10.3 Å². The van der Waals surface area contributed by atoms with Gasteiger partial charge in [0.1, 0.15) is 5.82 Å². The average molecular weight is 205 g/mol. The molecule has 0 unspecified atom stereocenters. The quantitative estimate of drug-likeness (QED) is 0.701. The molecule has 2 heterocycles. The number of rotatable bonds is 1. The fourth-order valence-electron chi connectivity index (χ4n) is 1.18. The van der Waals surface area contributed by atoms with Crippen molar-refractivity contribution in [3.8, 4) is 11.4 Å². The second-order valence-corrected chi connectivity index (χ2v) is 2.91. The fraction of sp³-hybridized carbons (Fsp3) is 0.111. The number of anilines is 1. The van der Waals surface area contributed by atoms with E-state index < -0.39 is 5.95 Å². The largest absolute Gasteiger partial charge is 0.368 e. The summed E-state index contributed by atoms with van der Waals surface area (Å²) < 4.78 is 13.3. The van der Waals surface area contributed by atoms with Gasteiger partial charge in [-0.3, -0.25) is 0 Å². The summed E-state index contributed by atoms with van der Waals surface area (Å²) in [5.74, 6) is 0.0922. The number of nitrogen functional groups attached to an aromatic ring is 1. The Morgan fingerprint density at radius 1 is 1.27 bits per heavy atom. The molecule has 2 aromatic rings. The summed E-state index contributed by atoms with van der Waals surface area (Å²) in [6.45, 7) is 1.66. The maximum absolute atomic E-state index is 13.3. The van der Waals surface area contributed by atoms with Crippen LogP contribution < -0.4 is 5.73 Å². The monoisotopic (exact) mass is 205 g/mol. The molecule has 2 N–H and O–H groups in total. The van der Waals surface area contributed by atoms with Gasteiger partial charge in [-0.15, -0.1) is 0 Å². The Balaban J connectivity index is 2.59. The van der Waals surface area contributed by atoms with Crippen LogP contribution in [0.25, 0.3) is 11.4 Å². The molecule has 0 bridgehead atoms. The van der Waals surface area contributed by atoms with Gasteiger partial charge in [0, 0.05) is 6.20 Å². The van der Waals surface area contributed by atoms with Gasteiger partial charge in [-0.1, -0.05) is 0 Å².